The van der Waals surface area contributed by atoms with Crippen molar-refractivity contribution in [2.45, 2.75) is 6.92 Å². The van der Waals surface area contributed by atoms with Crippen molar-refractivity contribution in [2.75, 3.05) is 7.05 Å². The average molecular weight is 174 g/mol. The van der Waals surface area contributed by atoms with Crippen molar-refractivity contribution >= 4 is 12.3 Å². The van der Waals surface area contributed by atoms with Crippen LogP contribution in [0.25, 0.3) is 6.08 Å². The maximum atomic E-state index is 3.98. The van der Waals surface area contributed by atoms with E-state index in [2.05, 4.69) is 22.7 Å². The fourth-order valence-corrected chi connectivity index (χ4v) is 1.09. The molecule has 0 saturated heterocycles. The van der Waals surface area contributed by atoms with Crippen LogP contribution in [0.5, 0.6) is 0 Å². The molecule has 0 aromatic heterocycles. The predicted octanol–water partition coefficient (Wildman–Crippen LogP) is 2.27. The van der Waals surface area contributed by atoms with Gasteiger partial charge in [-0.1, -0.05) is 36.4 Å². The van der Waals surface area contributed by atoms with E-state index in [4.69, 9.17) is 0 Å². The van der Waals surface area contributed by atoms with E-state index in [1.54, 1.807) is 7.05 Å². The van der Waals surface area contributed by atoms with Gasteiger partial charge in [-0.2, -0.15) is 5.10 Å². The first-order valence-corrected chi connectivity index (χ1v) is 4.30. The fraction of sp³-hybridized carbons (Fsp3) is 0.182. The van der Waals surface area contributed by atoms with E-state index in [1.807, 2.05) is 37.4 Å². The van der Waals surface area contributed by atoms with Crippen molar-refractivity contribution < 1.29 is 0 Å². The van der Waals surface area contributed by atoms with Gasteiger partial charge in [-0.25, -0.2) is 0 Å². The summed E-state index contributed by atoms with van der Waals surface area (Å²) in [6.45, 7) is 2.01. The molecule has 0 saturated carbocycles. The molecule has 0 atom stereocenters. The summed E-state index contributed by atoms with van der Waals surface area (Å²) < 4.78 is 0. The van der Waals surface area contributed by atoms with E-state index in [1.165, 1.54) is 5.56 Å². The van der Waals surface area contributed by atoms with Crippen LogP contribution in [0, 0.1) is 0 Å². The fourth-order valence-electron chi connectivity index (χ4n) is 1.09. The highest BCUT2D eigenvalue weighted by molar-refractivity contribution is 5.85. The minimum Gasteiger partial charge on any atom is -0.313 e. The Hall–Kier alpha value is -1.57. The van der Waals surface area contributed by atoms with E-state index in [9.17, 15) is 0 Å². The molecule has 1 rings (SSSR count). The largest absolute Gasteiger partial charge is 0.313 e. The Morgan fingerprint density at radius 1 is 1.23 bits per heavy atom. The molecule has 1 aromatic carbocycles. The third-order valence-electron chi connectivity index (χ3n) is 1.67. The molecule has 1 N–H and O–H groups in total. The van der Waals surface area contributed by atoms with Crippen LogP contribution in [0.3, 0.4) is 0 Å². The number of allylic oxidation sites excluding steroid dienone is 1. The molecule has 0 fully saturated rings. The molecular weight excluding hydrogens is 160 g/mol. The molecule has 0 amide bonds. The Balaban J connectivity index is 2.97. The van der Waals surface area contributed by atoms with Crippen LogP contribution in [0.2, 0.25) is 0 Å². The van der Waals surface area contributed by atoms with Gasteiger partial charge in [-0.15, -0.1) is 0 Å². The van der Waals surface area contributed by atoms with Gasteiger partial charge < -0.3 is 5.43 Å². The smallest absolute Gasteiger partial charge is 0.0546 e. The molecule has 68 valence electrons. The van der Waals surface area contributed by atoms with Crippen LogP contribution in [0.1, 0.15) is 18.1 Å². The lowest BCUT2D eigenvalue weighted by molar-refractivity contribution is 0.908. The summed E-state index contributed by atoms with van der Waals surface area (Å²) in [4.78, 5) is 0. The third kappa shape index (κ3) is 2.75. The van der Waals surface area contributed by atoms with Gasteiger partial charge in [-0.05, 0) is 12.5 Å². The zero-order valence-corrected chi connectivity index (χ0v) is 7.99. The second-order valence-electron chi connectivity index (χ2n) is 2.61. The van der Waals surface area contributed by atoms with E-state index in [-0.39, 0.29) is 0 Å². The number of nitrogens with one attached hydrogen (secondary N) is 1. The number of nitrogens with zero attached hydrogens (tertiary/aromatic N) is 1. The molecule has 0 aliphatic carbocycles. The van der Waals surface area contributed by atoms with Gasteiger partial charge in [0.15, 0.2) is 0 Å². The number of benzene rings is 1. The molecule has 0 unspecified atom stereocenters. The average Bonchev–Trinajstić information content (AvgIpc) is 2.17. The molecule has 13 heavy (non-hydrogen) atoms. The maximum absolute atomic E-state index is 3.98. The van der Waals surface area contributed by atoms with Crippen LogP contribution in [-0.2, 0) is 0 Å². The Kier molecular flexibility index (Phi) is 3.76. The summed E-state index contributed by atoms with van der Waals surface area (Å²) >= 11 is 0. The van der Waals surface area contributed by atoms with Gasteiger partial charge >= 0.3 is 0 Å². The topological polar surface area (TPSA) is 24.4 Å². The zero-order chi connectivity index (χ0) is 9.52. The molecule has 0 aliphatic rings. The maximum Gasteiger partial charge on any atom is 0.0546 e. The minimum atomic E-state index is 1.12. The summed E-state index contributed by atoms with van der Waals surface area (Å²) in [5.74, 6) is 0. The Bertz CT molecular complexity index is 314. The molecule has 0 aliphatic heterocycles. The van der Waals surface area contributed by atoms with E-state index < -0.39 is 0 Å². The summed E-state index contributed by atoms with van der Waals surface area (Å²) in [7, 11) is 1.79. The lowest BCUT2D eigenvalue weighted by Crippen LogP contribution is -1.95. The number of hydrazone groups is 1. The van der Waals surface area contributed by atoms with E-state index in [0.717, 1.165) is 5.56 Å². The first-order valence-electron chi connectivity index (χ1n) is 4.30. The summed E-state index contributed by atoms with van der Waals surface area (Å²) in [6.07, 6.45) is 5.90. The first-order chi connectivity index (χ1) is 6.38. The molecule has 1 aromatic rings. The van der Waals surface area contributed by atoms with Crippen LogP contribution in [0.4, 0.5) is 0 Å². The number of rotatable bonds is 3. The highest BCUT2D eigenvalue weighted by Gasteiger charge is 1.92. The first kappa shape index (κ1) is 9.52. The lowest BCUT2D eigenvalue weighted by atomic mass is 10.1. The second-order valence-corrected chi connectivity index (χ2v) is 2.61. The Labute approximate surface area is 79.0 Å². The van der Waals surface area contributed by atoms with Gasteiger partial charge in [0.05, 0.1) is 6.21 Å². The normalized spacial score (nSPS) is 11.2. The second kappa shape index (κ2) is 5.14. The van der Waals surface area contributed by atoms with Gasteiger partial charge in [0, 0.05) is 12.6 Å². The molecule has 2 heteroatoms. The van der Waals surface area contributed by atoms with Gasteiger partial charge in [0.2, 0.25) is 0 Å². The van der Waals surface area contributed by atoms with Crippen molar-refractivity contribution in [1.82, 2.24) is 5.43 Å². The summed E-state index contributed by atoms with van der Waals surface area (Å²) in [6, 6.07) is 8.13. The van der Waals surface area contributed by atoms with Crippen LogP contribution >= 0.6 is 0 Å². The highest BCUT2D eigenvalue weighted by Crippen LogP contribution is 2.07. The molecule has 2 nitrogen and oxygen atoms in total. The molecular formula is C11H14N2. The SMILES string of the molecule is C/C=C/c1ccccc1/C=N/NC. The van der Waals surface area contributed by atoms with E-state index in [0.29, 0.717) is 0 Å². The Morgan fingerprint density at radius 2 is 1.92 bits per heavy atom. The quantitative estimate of drug-likeness (QED) is 0.551. The Morgan fingerprint density at radius 3 is 2.54 bits per heavy atom. The van der Waals surface area contributed by atoms with Gasteiger partial charge in [0.1, 0.15) is 0 Å². The number of hydrogen-bond donors (Lipinski definition) is 1. The summed E-state index contributed by atoms with van der Waals surface area (Å²) in [5.41, 5.74) is 5.04. The van der Waals surface area contributed by atoms with E-state index >= 15 is 0 Å². The van der Waals surface area contributed by atoms with Crippen molar-refractivity contribution in [1.29, 1.82) is 0 Å². The van der Waals surface area contributed by atoms with Crippen LogP contribution in [-0.4, -0.2) is 13.3 Å². The van der Waals surface area contributed by atoms with Crippen molar-refractivity contribution in [2.24, 2.45) is 5.10 Å². The molecule has 0 radical (unpaired) electrons. The van der Waals surface area contributed by atoms with Gasteiger partial charge in [0.25, 0.3) is 0 Å². The van der Waals surface area contributed by atoms with Crippen LogP contribution < -0.4 is 5.43 Å². The summed E-state index contributed by atoms with van der Waals surface area (Å²) in [5, 5.41) is 3.98. The number of hydrogen-bond acceptors (Lipinski definition) is 2. The standard InChI is InChI=1S/C11H14N2/c1-3-6-10-7-4-5-8-11(10)9-13-12-2/h3-9,12H,1-2H3/b6-3+,13-9+. The molecule has 0 bridgehead atoms. The van der Waals surface area contributed by atoms with Crippen molar-refractivity contribution in [3.63, 3.8) is 0 Å². The monoisotopic (exact) mass is 174 g/mol. The molecule has 0 spiro atoms. The van der Waals surface area contributed by atoms with Crippen LogP contribution in [0.15, 0.2) is 35.4 Å². The van der Waals surface area contributed by atoms with Crippen molar-refractivity contribution in [3.05, 3.63) is 41.5 Å². The lowest BCUT2D eigenvalue weighted by Gasteiger charge is -1.98. The zero-order valence-electron chi connectivity index (χ0n) is 7.99. The minimum absolute atomic E-state index is 1.12. The highest BCUT2D eigenvalue weighted by atomic mass is 15.3. The van der Waals surface area contributed by atoms with Gasteiger partial charge in [-0.3, -0.25) is 0 Å². The third-order valence-corrected chi connectivity index (χ3v) is 1.67. The van der Waals surface area contributed by atoms with Crippen molar-refractivity contribution in [3.8, 4) is 0 Å². The predicted molar refractivity (Wildman–Crippen MR) is 57.8 cm³/mol. The molecule has 0 heterocycles.